The highest BCUT2D eigenvalue weighted by molar-refractivity contribution is 5.92. The molecular weight excluding hydrogens is 246 g/mol. The normalized spacial score (nSPS) is 9.53. The average Bonchev–Trinajstić information content (AvgIpc) is 2.39. The van der Waals surface area contributed by atoms with Gasteiger partial charge in [-0.1, -0.05) is 6.08 Å². The summed E-state index contributed by atoms with van der Waals surface area (Å²) >= 11 is 0. The van der Waals surface area contributed by atoms with Crippen molar-refractivity contribution >= 4 is 17.6 Å². The Balaban J connectivity index is 2.39. The average molecular weight is 263 g/mol. The van der Waals surface area contributed by atoms with Gasteiger partial charge in [-0.2, -0.15) is 0 Å². The van der Waals surface area contributed by atoms with Gasteiger partial charge in [0.15, 0.2) is 6.61 Å². The molecule has 0 spiro atoms. The van der Waals surface area contributed by atoms with Crippen molar-refractivity contribution in [1.82, 2.24) is 0 Å². The zero-order valence-electron chi connectivity index (χ0n) is 10.8. The van der Waals surface area contributed by atoms with Crippen molar-refractivity contribution in [2.24, 2.45) is 0 Å². The summed E-state index contributed by atoms with van der Waals surface area (Å²) in [7, 11) is 0. The Morgan fingerprint density at radius 1 is 1.32 bits per heavy atom. The van der Waals surface area contributed by atoms with Gasteiger partial charge in [-0.25, -0.2) is 0 Å². The monoisotopic (exact) mass is 263 g/mol. The third kappa shape index (κ3) is 5.72. The highest BCUT2D eigenvalue weighted by Gasteiger charge is 2.06. The molecule has 0 radical (unpaired) electrons. The molecule has 0 aliphatic heterocycles. The number of carbonyl (C=O) groups excluding carboxylic acids is 2. The van der Waals surface area contributed by atoms with Gasteiger partial charge in [0, 0.05) is 5.69 Å². The van der Waals surface area contributed by atoms with Crippen LogP contribution in [0.3, 0.4) is 0 Å². The zero-order valence-corrected chi connectivity index (χ0v) is 10.8. The lowest BCUT2D eigenvalue weighted by atomic mass is 10.3. The lowest BCUT2D eigenvalue weighted by molar-refractivity contribution is -0.146. The molecular formula is C14H17NO4. The number of ether oxygens (including phenoxy) is 2. The quantitative estimate of drug-likeness (QED) is 0.604. The molecule has 1 aromatic rings. The van der Waals surface area contributed by atoms with Gasteiger partial charge in [-0.05, 0) is 31.2 Å². The third-order valence-electron chi connectivity index (χ3n) is 2.12. The minimum atomic E-state index is -0.475. The number of esters is 1. The summed E-state index contributed by atoms with van der Waals surface area (Å²) in [6, 6.07) is 6.94. The van der Waals surface area contributed by atoms with Gasteiger partial charge in [-0.15, -0.1) is 6.58 Å². The van der Waals surface area contributed by atoms with E-state index in [1.165, 1.54) is 6.08 Å². The largest absolute Gasteiger partial charge is 0.494 e. The fourth-order valence-corrected chi connectivity index (χ4v) is 1.32. The summed E-state index contributed by atoms with van der Waals surface area (Å²) in [5.41, 5.74) is 0.619. The third-order valence-corrected chi connectivity index (χ3v) is 2.12. The number of amides is 1. The maximum Gasteiger partial charge on any atom is 0.310 e. The molecule has 0 aromatic heterocycles. The second kappa shape index (κ2) is 7.92. The van der Waals surface area contributed by atoms with Crippen molar-refractivity contribution in [2.75, 3.05) is 18.5 Å². The number of nitrogens with one attached hydrogen (secondary N) is 1. The maximum absolute atomic E-state index is 11.5. The van der Waals surface area contributed by atoms with E-state index in [4.69, 9.17) is 9.47 Å². The molecule has 0 unspecified atom stereocenters. The molecule has 0 bridgehead atoms. The SMILES string of the molecule is C=CCC(=O)OCC(=O)Nc1ccc(OCC)cc1. The molecule has 5 heteroatoms. The first-order chi connectivity index (χ1) is 9.15. The molecule has 1 N–H and O–H groups in total. The van der Waals surface area contributed by atoms with E-state index in [-0.39, 0.29) is 18.9 Å². The first-order valence-corrected chi connectivity index (χ1v) is 5.95. The van der Waals surface area contributed by atoms with Gasteiger partial charge in [-0.3, -0.25) is 9.59 Å². The van der Waals surface area contributed by atoms with Crippen LogP contribution >= 0.6 is 0 Å². The summed E-state index contributed by atoms with van der Waals surface area (Å²) in [4.78, 5) is 22.5. The number of hydrogen-bond acceptors (Lipinski definition) is 4. The molecule has 0 fully saturated rings. The Hall–Kier alpha value is -2.30. The molecule has 0 heterocycles. The Morgan fingerprint density at radius 2 is 2.00 bits per heavy atom. The van der Waals surface area contributed by atoms with E-state index in [1.807, 2.05) is 6.92 Å². The Bertz CT molecular complexity index is 439. The van der Waals surface area contributed by atoms with E-state index in [0.29, 0.717) is 12.3 Å². The van der Waals surface area contributed by atoms with Crippen LogP contribution in [0, 0.1) is 0 Å². The van der Waals surface area contributed by atoms with Crippen LogP contribution in [0.15, 0.2) is 36.9 Å². The van der Waals surface area contributed by atoms with E-state index >= 15 is 0 Å². The van der Waals surface area contributed by atoms with E-state index in [1.54, 1.807) is 24.3 Å². The van der Waals surface area contributed by atoms with Gasteiger partial charge in [0.2, 0.25) is 0 Å². The predicted molar refractivity (Wildman–Crippen MR) is 72.0 cm³/mol. The first-order valence-electron chi connectivity index (χ1n) is 5.95. The van der Waals surface area contributed by atoms with Crippen LogP contribution in [0.5, 0.6) is 5.75 Å². The highest BCUT2D eigenvalue weighted by atomic mass is 16.5. The van der Waals surface area contributed by atoms with E-state index < -0.39 is 5.97 Å². The number of hydrogen-bond donors (Lipinski definition) is 1. The van der Waals surface area contributed by atoms with Crippen LogP contribution in [-0.2, 0) is 14.3 Å². The molecule has 1 aromatic carbocycles. The predicted octanol–water partition coefficient (Wildman–Crippen LogP) is 2.14. The molecule has 1 rings (SSSR count). The van der Waals surface area contributed by atoms with Crippen molar-refractivity contribution in [3.63, 3.8) is 0 Å². The smallest absolute Gasteiger partial charge is 0.310 e. The van der Waals surface area contributed by atoms with Crippen LogP contribution in [0.2, 0.25) is 0 Å². The van der Waals surface area contributed by atoms with E-state index in [0.717, 1.165) is 5.75 Å². The molecule has 0 saturated carbocycles. The fourth-order valence-electron chi connectivity index (χ4n) is 1.32. The van der Waals surface area contributed by atoms with Gasteiger partial charge >= 0.3 is 5.97 Å². The van der Waals surface area contributed by atoms with Crippen LogP contribution in [0.4, 0.5) is 5.69 Å². The Labute approximate surface area is 112 Å². The molecule has 1 amide bonds. The molecule has 0 atom stereocenters. The van der Waals surface area contributed by atoms with Crippen molar-refractivity contribution in [3.8, 4) is 5.75 Å². The van der Waals surface area contributed by atoms with Crippen molar-refractivity contribution < 1.29 is 19.1 Å². The second-order valence-electron chi connectivity index (χ2n) is 3.66. The molecule has 19 heavy (non-hydrogen) atoms. The summed E-state index contributed by atoms with van der Waals surface area (Å²) in [5.74, 6) is -0.128. The van der Waals surface area contributed by atoms with Gasteiger partial charge < -0.3 is 14.8 Å². The highest BCUT2D eigenvalue weighted by Crippen LogP contribution is 2.15. The lowest BCUT2D eigenvalue weighted by Gasteiger charge is -2.07. The standard InChI is InChI=1S/C14H17NO4/c1-3-5-14(17)19-10-13(16)15-11-6-8-12(9-7-11)18-4-2/h3,6-9H,1,4-5,10H2,2H3,(H,15,16). The van der Waals surface area contributed by atoms with Crippen LogP contribution in [0.1, 0.15) is 13.3 Å². The lowest BCUT2D eigenvalue weighted by Crippen LogP contribution is -2.20. The van der Waals surface area contributed by atoms with Gasteiger partial charge in [0.05, 0.1) is 13.0 Å². The molecule has 0 saturated heterocycles. The number of benzene rings is 1. The topological polar surface area (TPSA) is 64.6 Å². The van der Waals surface area contributed by atoms with Crippen LogP contribution in [0.25, 0.3) is 0 Å². The Kier molecular flexibility index (Phi) is 6.15. The summed E-state index contributed by atoms with van der Waals surface area (Å²) < 4.78 is 10.0. The number of anilines is 1. The summed E-state index contributed by atoms with van der Waals surface area (Å²) in [6.45, 7) is 5.58. The Morgan fingerprint density at radius 3 is 2.58 bits per heavy atom. The number of rotatable bonds is 7. The molecule has 0 aliphatic rings. The summed E-state index contributed by atoms with van der Waals surface area (Å²) in [6.07, 6.45) is 1.52. The first kappa shape index (κ1) is 14.8. The second-order valence-corrected chi connectivity index (χ2v) is 3.66. The summed E-state index contributed by atoms with van der Waals surface area (Å²) in [5, 5.41) is 2.61. The maximum atomic E-state index is 11.5. The minimum absolute atomic E-state index is 0.0936. The van der Waals surface area contributed by atoms with E-state index in [2.05, 4.69) is 11.9 Å². The molecule has 5 nitrogen and oxygen atoms in total. The van der Waals surface area contributed by atoms with E-state index in [9.17, 15) is 9.59 Å². The van der Waals surface area contributed by atoms with Gasteiger partial charge in [0.25, 0.3) is 5.91 Å². The molecule has 0 aliphatic carbocycles. The number of carbonyl (C=O) groups is 2. The van der Waals surface area contributed by atoms with Crippen molar-refractivity contribution in [1.29, 1.82) is 0 Å². The fraction of sp³-hybridized carbons (Fsp3) is 0.286. The van der Waals surface area contributed by atoms with Crippen molar-refractivity contribution in [3.05, 3.63) is 36.9 Å². The molecule has 102 valence electrons. The van der Waals surface area contributed by atoms with Crippen LogP contribution in [-0.4, -0.2) is 25.1 Å². The van der Waals surface area contributed by atoms with Crippen molar-refractivity contribution in [2.45, 2.75) is 13.3 Å². The van der Waals surface area contributed by atoms with Gasteiger partial charge in [0.1, 0.15) is 5.75 Å². The zero-order chi connectivity index (χ0) is 14.1. The van der Waals surface area contributed by atoms with Crippen LogP contribution < -0.4 is 10.1 Å². The minimum Gasteiger partial charge on any atom is -0.494 e.